The summed E-state index contributed by atoms with van der Waals surface area (Å²) in [5, 5.41) is 7.79. The van der Waals surface area contributed by atoms with Gasteiger partial charge in [0.2, 0.25) is 0 Å². The van der Waals surface area contributed by atoms with Gasteiger partial charge in [-0.15, -0.1) is 0 Å². The molecule has 0 saturated carbocycles. The number of para-hydroxylation sites is 1. The zero-order valence-electron chi connectivity index (χ0n) is 9.31. The maximum Gasteiger partial charge on any atom is 0.170 e. The van der Waals surface area contributed by atoms with Crippen LogP contribution in [0, 0.1) is 0 Å². The molecule has 1 aromatic heterocycles. The first-order chi connectivity index (χ1) is 8.31. The number of benzene rings is 1. The summed E-state index contributed by atoms with van der Waals surface area (Å²) in [6.45, 7) is 1.22. The molecule has 0 fully saturated rings. The Morgan fingerprint density at radius 1 is 1.29 bits per heavy atom. The van der Waals surface area contributed by atoms with Crippen molar-refractivity contribution in [3.05, 3.63) is 36.5 Å². The quantitative estimate of drug-likeness (QED) is 0.716. The standard InChI is InChI=1S/C12H14N4S/c13-6-8-15-12(17)16-11-5-7-14-10-4-2-1-3-9(10)11/h1-5,7H,6,8,13H2,(H2,14,15,16,17). The molecule has 2 rings (SSSR count). The van der Waals surface area contributed by atoms with E-state index in [0.717, 1.165) is 16.6 Å². The lowest BCUT2D eigenvalue weighted by molar-refractivity contribution is 0.883. The summed E-state index contributed by atoms with van der Waals surface area (Å²) in [6.07, 6.45) is 1.76. The topological polar surface area (TPSA) is 63.0 Å². The predicted octanol–water partition coefficient (Wildman–Crippen LogP) is 1.48. The molecule has 0 amide bonds. The monoisotopic (exact) mass is 246 g/mol. The molecular weight excluding hydrogens is 232 g/mol. The van der Waals surface area contributed by atoms with Gasteiger partial charge in [-0.1, -0.05) is 18.2 Å². The maximum absolute atomic E-state index is 5.40. The van der Waals surface area contributed by atoms with Crippen LogP contribution in [0.1, 0.15) is 0 Å². The van der Waals surface area contributed by atoms with E-state index in [1.807, 2.05) is 30.3 Å². The van der Waals surface area contributed by atoms with E-state index < -0.39 is 0 Å². The van der Waals surface area contributed by atoms with Crippen molar-refractivity contribution in [1.29, 1.82) is 0 Å². The lowest BCUT2D eigenvalue weighted by Gasteiger charge is -2.11. The Labute approximate surface area is 105 Å². The van der Waals surface area contributed by atoms with Crippen molar-refractivity contribution in [2.45, 2.75) is 0 Å². The number of nitrogens with one attached hydrogen (secondary N) is 2. The van der Waals surface area contributed by atoms with Gasteiger partial charge in [-0.05, 0) is 24.4 Å². The highest BCUT2D eigenvalue weighted by Crippen LogP contribution is 2.20. The van der Waals surface area contributed by atoms with Crippen LogP contribution in [0.4, 0.5) is 5.69 Å². The van der Waals surface area contributed by atoms with Gasteiger partial charge in [0.25, 0.3) is 0 Å². The second kappa shape index (κ2) is 5.56. The maximum atomic E-state index is 5.40. The lowest BCUT2D eigenvalue weighted by Crippen LogP contribution is -2.32. The minimum absolute atomic E-state index is 0.554. The molecule has 0 atom stereocenters. The Morgan fingerprint density at radius 3 is 2.94 bits per heavy atom. The third-order valence-corrected chi connectivity index (χ3v) is 2.57. The molecule has 5 heteroatoms. The lowest BCUT2D eigenvalue weighted by atomic mass is 10.2. The summed E-state index contributed by atoms with van der Waals surface area (Å²) >= 11 is 5.17. The van der Waals surface area contributed by atoms with Gasteiger partial charge in [0.1, 0.15) is 0 Å². The van der Waals surface area contributed by atoms with E-state index in [9.17, 15) is 0 Å². The molecule has 4 N–H and O–H groups in total. The Balaban J connectivity index is 2.21. The van der Waals surface area contributed by atoms with E-state index in [2.05, 4.69) is 15.6 Å². The van der Waals surface area contributed by atoms with Crippen LogP contribution < -0.4 is 16.4 Å². The number of hydrogen-bond acceptors (Lipinski definition) is 3. The molecule has 0 aliphatic heterocycles. The summed E-state index contributed by atoms with van der Waals surface area (Å²) in [5.41, 5.74) is 7.29. The highest BCUT2D eigenvalue weighted by Gasteiger charge is 2.02. The van der Waals surface area contributed by atoms with Crippen LogP contribution in [0.25, 0.3) is 10.9 Å². The van der Waals surface area contributed by atoms with Crippen LogP contribution in [0.3, 0.4) is 0 Å². The average molecular weight is 246 g/mol. The first-order valence-corrected chi connectivity index (χ1v) is 5.81. The number of pyridine rings is 1. The SMILES string of the molecule is NCCNC(=S)Nc1ccnc2ccccc12. The Morgan fingerprint density at radius 2 is 2.12 bits per heavy atom. The number of hydrogen-bond donors (Lipinski definition) is 3. The fourth-order valence-electron chi connectivity index (χ4n) is 1.56. The minimum atomic E-state index is 0.554. The molecule has 0 radical (unpaired) electrons. The molecular formula is C12H14N4S. The van der Waals surface area contributed by atoms with E-state index in [1.165, 1.54) is 0 Å². The molecule has 0 spiro atoms. The van der Waals surface area contributed by atoms with Crippen LogP contribution in [0.15, 0.2) is 36.5 Å². The largest absolute Gasteiger partial charge is 0.361 e. The van der Waals surface area contributed by atoms with Gasteiger partial charge in [0.05, 0.1) is 11.2 Å². The number of thiocarbonyl (C=S) groups is 1. The predicted molar refractivity (Wildman–Crippen MR) is 75.0 cm³/mol. The first-order valence-electron chi connectivity index (χ1n) is 5.40. The summed E-state index contributed by atoms with van der Waals surface area (Å²) in [6, 6.07) is 9.82. The zero-order valence-corrected chi connectivity index (χ0v) is 10.1. The zero-order chi connectivity index (χ0) is 12.1. The van der Waals surface area contributed by atoms with Gasteiger partial charge < -0.3 is 16.4 Å². The molecule has 0 unspecified atom stereocenters. The summed E-state index contributed by atoms with van der Waals surface area (Å²) < 4.78 is 0. The van der Waals surface area contributed by atoms with Gasteiger partial charge in [0, 0.05) is 24.7 Å². The molecule has 0 aliphatic carbocycles. The van der Waals surface area contributed by atoms with Gasteiger partial charge in [-0.25, -0.2) is 0 Å². The Kier molecular flexibility index (Phi) is 3.85. The van der Waals surface area contributed by atoms with Crippen LogP contribution in [-0.2, 0) is 0 Å². The highest BCUT2D eigenvalue weighted by molar-refractivity contribution is 7.80. The second-order valence-electron chi connectivity index (χ2n) is 3.55. The van der Waals surface area contributed by atoms with Crippen LogP contribution in [0.2, 0.25) is 0 Å². The van der Waals surface area contributed by atoms with Gasteiger partial charge in [0.15, 0.2) is 5.11 Å². The molecule has 1 heterocycles. The van der Waals surface area contributed by atoms with Gasteiger partial charge in [-0.3, -0.25) is 4.98 Å². The third-order valence-electron chi connectivity index (χ3n) is 2.33. The molecule has 0 bridgehead atoms. The van der Waals surface area contributed by atoms with Crippen molar-refractivity contribution in [3.8, 4) is 0 Å². The highest BCUT2D eigenvalue weighted by atomic mass is 32.1. The van der Waals surface area contributed by atoms with Crippen LogP contribution in [0.5, 0.6) is 0 Å². The summed E-state index contributed by atoms with van der Waals surface area (Å²) in [7, 11) is 0. The summed E-state index contributed by atoms with van der Waals surface area (Å²) in [4.78, 5) is 4.29. The van der Waals surface area contributed by atoms with E-state index in [4.69, 9.17) is 18.0 Å². The molecule has 17 heavy (non-hydrogen) atoms. The van der Waals surface area contributed by atoms with Crippen molar-refractivity contribution in [2.75, 3.05) is 18.4 Å². The van der Waals surface area contributed by atoms with Gasteiger partial charge >= 0.3 is 0 Å². The van der Waals surface area contributed by atoms with Gasteiger partial charge in [-0.2, -0.15) is 0 Å². The van der Waals surface area contributed by atoms with Crippen LogP contribution >= 0.6 is 12.2 Å². The molecule has 1 aromatic carbocycles. The molecule has 88 valence electrons. The fourth-order valence-corrected chi connectivity index (χ4v) is 1.77. The minimum Gasteiger partial charge on any atom is -0.361 e. The number of rotatable bonds is 3. The van der Waals surface area contributed by atoms with Crippen molar-refractivity contribution >= 4 is 33.9 Å². The second-order valence-corrected chi connectivity index (χ2v) is 3.95. The van der Waals surface area contributed by atoms with Crippen molar-refractivity contribution in [1.82, 2.24) is 10.3 Å². The van der Waals surface area contributed by atoms with E-state index in [-0.39, 0.29) is 0 Å². The normalized spacial score (nSPS) is 10.2. The number of anilines is 1. The Hall–Kier alpha value is -1.72. The number of fused-ring (bicyclic) bond motifs is 1. The van der Waals surface area contributed by atoms with Crippen molar-refractivity contribution in [3.63, 3.8) is 0 Å². The average Bonchev–Trinajstić information content (AvgIpc) is 2.37. The summed E-state index contributed by atoms with van der Waals surface area (Å²) in [5.74, 6) is 0. The number of nitrogens with zero attached hydrogens (tertiary/aromatic N) is 1. The molecule has 2 aromatic rings. The van der Waals surface area contributed by atoms with Crippen LogP contribution in [-0.4, -0.2) is 23.2 Å². The molecule has 0 aliphatic rings. The fraction of sp³-hybridized carbons (Fsp3) is 0.167. The Bertz CT molecular complexity index is 521. The van der Waals surface area contributed by atoms with E-state index in [0.29, 0.717) is 18.2 Å². The number of aromatic nitrogens is 1. The van der Waals surface area contributed by atoms with Crippen molar-refractivity contribution in [2.24, 2.45) is 5.73 Å². The van der Waals surface area contributed by atoms with E-state index in [1.54, 1.807) is 6.20 Å². The van der Waals surface area contributed by atoms with Crippen molar-refractivity contribution < 1.29 is 0 Å². The molecule has 4 nitrogen and oxygen atoms in total. The number of nitrogens with two attached hydrogens (primary N) is 1. The third kappa shape index (κ3) is 2.89. The smallest absolute Gasteiger partial charge is 0.170 e. The van der Waals surface area contributed by atoms with E-state index >= 15 is 0 Å². The molecule has 0 saturated heterocycles. The first kappa shape index (κ1) is 11.8.